The van der Waals surface area contributed by atoms with Crippen LogP contribution in [0.5, 0.6) is 5.88 Å². The van der Waals surface area contributed by atoms with Crippen molar-refractivity contribution in [1.29, 1.82) is 0 Å². The average molecular weight is 326 g/mol. The highest BCUT2D eigenvalue weighted by atomic mass is 32.2. The summed E-state index contributed by atoms with van der Waals surface area (Å²) in [7, 11) is 0. The van der Waals surface area contributed by atoms with Gasteiger partial charge in [0, 0.05) is 16.0 Å². The number of carbonyl (C=O) groups excluding carboxylic acids is 1. The van der Waals surface area contributed by atoms with Crippen molar-refractivity contribution in [3.63, 3.8) is 0 Å². The lowest BCUT2D eigenvalue weighted by Gasteiger charge is -2.02. The van der Waals surface area contributed by atoms with E-state index in [0.29, 0.717) is 5.39 Å². The summed E-state index contributed by atoms with van der Waals surface area (Å²) in [5.74, 6) is 0.711. The highest BCUT2D eigenvalue weighted by Crippen LogP contribution is 2.37. The minimum atomic E-state index is -0.909. The van der Waals surface area contributed by atoms with Crippen LogP contribution in [-0.4, -0.2) is 16.1 Å². The first kappa shape index (κ1) is 15.1. The van der Waals surface area contributed by atoms with Crippen LogP contribution in [0.2, 0.25) is 0 Å². The van der Waals surface area contributed by atoms with Crippen LogP contribution in [-0.2, 0) is 5.75 Å². The van der Waals surface area contributed by atoms with Crippen LogP contribution < -0.4 is 5.73 Å². The number of thioether (sulfide) groups is 1. The third kappa shape index (κ3) is 3.51. The molecular formula is C16H14N4O2S. The van der Waals surface area contributed by atoms with Crippen LogP contribution in [0.25, 0.3) is 10.9 Å². The van der Waals surface area contributed by atoms with E-state index in [1.807, 2.05) is 36.4 Å². The highest BCUT2D eigenvalue weighted by molar-refractivity contribution is 7.98. The average Bonchev–Trinajstić information content (AvgIpc) is 2.86. The number of nitrogens with zero attached hydrogens (tertiary/aromatic N) is 2. The van der Waals surface area contributed by atoms with Crippen molar-refractivity contribution in [3.8, 4) is 5.88 Å². The van der Waals surface area contributed by atoms with E-state index in [1.54, 1.807) is 11.8 Å². The van der Waals surface area contributed by atoms with E-state index in [-0.39, 0.29) is 11.6 Å². The second kappa shape index (κ2) is 6.53. The van der Waals surface area contributed by atoms with Gasteiger partial charge in [-0.15, -0.1) is 16.9 Å². The molecule has 0 aliphatic carbocycles. The Balaban J connectivity index is 1.84. The topological polar surface area (TPSA) is 104 Å². The maximum absolute atomic E-state index is 10.7. The number of nitrogens with two attached hydrogens (primary N) is 1. The summed E-state index contributed by atoms with van der Waals surface area (Å²) in [5.41, 5.74) is 7.09. The maximum atomic E-state index is 10.7. The summed E-state index contributed by atoms with van der Waals surface area (Å²) in [6.07, 6.45) is 0. The molecule has 4 N–H and O–H groups in total. The molecule has 7 heteroatoms. The van der Waals surface area contributed by atoms with Crippen LogP contribution in [0.3, 0.4) is 0 Å². The number of aromatic nitrogens is 1. The van der Waals surface area contributed by atoms with Gasteiger partial charge in [-0.2, -0.15) is 0 Å². The molecule has 0 saturated heterocycles. The number of primary amides is 1. The molecule has 2 aromatic carbocycles. The smallest absolute Gasteiger partial charge is 0.356 e. The number of rotatable bonds is 4. The van der Waals surface area contributed by atoms with Crippen molar-refractivity contribution < 1.29 is 9.90 Å². The normalized spacial score (nSPS) is 11.3. The molecule has 3 aromatic rings. The van der Waals surface area contributed by atoms with Gasteiger partial charge in [-0.3, -0.25) is 0 Å². The monoisotopic (exact) mass is 326 g/mol. The number of carbonyl (C=O) groups is 1. The molecule has 0 radical (unpaired) electrons. The van der Waals surface area contributed by atoms with E-state index in [0.717, 1.165) is 16.2 Å². The van der Waals surface area contributed by atoms with Gasteiger partial charge in [0.05, 0.1) is 5.52 Å². The SMILES string of the molecule is NC(=O)N=Nc1c(O)[nH]c2cc(SCc3ccccc3)ccc12. The van der Waals surface area contributed by atoms with Gasteiger partial charge < -0.3 is 15.8 Å². The molecular weight excluding hydrogens is 312 g/mol. The van der Waals surface area contributed by atoms with Gasteiger partial charge in [-0.25, -0.2) is 4.79 Å². The lowest BCUT2D eigenvalue weighted by Crippen LogP contribution is -2.01. The van der Waals surface area contributed by atoms with Gasteiger partial charge in [0.15, 0.2) is 5.69 Å². The number of amides is 2. The molecule has 0 atom stereocenters. The lowest BCUT2D eigenvalue weighted by molar-refractivity contribution is 0.255. The summed E-state index contributed by atoms with van der Waals surface area (Å²) in [5, 5.41) is 17.5. The van der Waals surface area contributed by atoms with Crippen LogP contribution in [0.15, 0.2) is 63.7 Å². The number of urea groups is 1. The largest absolute Gasteiger partial charge is 0.493 e. The first-order chi connectivity index (χ1) is 11.1. The number of aromatic hydroxyl groups is 1. The highest BCUT2D eigenvalue weighted by Gasteiger charge is 2.11. The molecule has 1 aromatic heterocycles. The Morgan fingerprint density at radius 1 is 1.22 bits per heavy atom. The lowest BCUT2D eigenvalue weighted by atomic mass is 10.2. The molecule has 3 rings (SSSR count). The number of aromatic amines is 1. The minimum absolute atomic E-state index is 0.143. The molecule has 0 bridgehead atoms. The molecule has 1 heterocycles. The maximum Gasteiger partial charge on any atom is 0.356 e. The summed E-state index contributed by atoms with van der Waals surface area (Å²) in [6, 6.07) is 14.9. The van der Waals surface area contributed by atoms with Crippen LogP contribution in [0, 0.1) is 0 Å². The Bertz CT molecular complexity index is 874. The first-order valence-corrected chi connectivity index (χ1v) is 7.84. The summed E-state index contributed by atoms with van der Waals surface area (Å²) in [6.45, 7) is 0. The molecule has 6 nitrogen and oxygen atoms in total. The van der Waals surface area contributed by atoms with Gasteiger partial charge in [-0.05, 0) is 23.8 Å². The number of fused-ring (bicyclic) bond motifs is 1. The second-order valence-corrected chi connectivity index (χ2v) is 5.89. The fourth-order valence-corrected chi connectivity index (χ4v) is 3.07. The Hall–Kier alpha value is -2.80. The fraction of sp³-hybridized carbons (Fsp3) is 0.0625. The predicted molar refractivity (Wildman–Crippen MR) is 90.1 cm³/mol. The van der Waals surface area contributed by atoms with Crippen LogP contribution in [0.4, 0.5) is 10.5 Å². The van der Waals surface area contributed by atoms with E-state index in [4.69, 9.17) is 5.73 Å². The van der Waals surface area contributed by atoms with Gasteiger partial charge in [0.25, 0.3) is 0 Å². The number of H-pyrrole nitrogens is 1. The summed E-state index contributed by atoms with van der Waals surface area (Å²) < 4.78 is 0. The van der Waals surface area contributed by atoms with Gasteiger partial charge >= 0.3 is 6.03 Å². The molecule has 23 heavy (non-hydrogen) atoms. The van der Waals surface area contributed by atoms with Crippen molar-refractivity contribution in [3.05, 3.63) is 54.1 Å². The van der Waals surface area contributed by atoms with Crippen molar-refractivity contribution in [2.75, 3.05) is 0 Å². The third-order valence-corrected chi connectivity index (χ3v) is 4.29. The zero-order valence-corrected chi connectivity index (χ0v) is 12.9. The van der Waals surface area contributed by atoms with E-state index >= 15 is 0 Å². The number of hydrogen-bond acceptors (Lipinski definition) is 4. The van der Waals surface area contributed by atoms with Crippen molar-refractivity contribution in [1.82, 2.24) is 4.98 Å². The summed E-state index contributed by atoms with van der Waals surface area (Å²) >= 11 is 1.69. The number of hydrogen-bond donors (Lipinski definition) is 3. The molecule has 0 aliphatic rings. The minimum Gasteiger partial charge on any atom is -0.493 e. The Morgan fingerprint density at radius 3 is 2.74 bits per heavy atom. The van der Waals surface area contributed by atoms with E-state index < -0.39 is 6.03 Å². The van der Waals surface area contributed by atoms with Gasteiger partial charge in [0.2, 0.25) is 5.88 Å². The first-order valence-electron chi connectivity index (χ1n) is 6.86. The fourth-order valence-electron chi connectivity index (χ4n) is 2.18. The van der Waals surface area contributed by atoms with E-state index in [9.17, 15) is 9.90 Å². The standard InChI is InChI=1S/C16H14N4O2S/c17-16(22)20-19-14-12-7-6-11(8-13(12)18-15(14)21)23-9-10-4-2-1-3-5-10/h1-8,18,21H,9H2,(H2,17,22). The molecule has 2 amide bonds. The second-order valence-electron chi connectivity index (χ2n) is 4.84. The van der Waals surface area contributed by atoms with Crippen LogP contribution in [0.1, 0.15) is 5.56 Å². The molecule has 116 valence electrons. The molecule has 0 unspecified atom stereocenters. The van der Waals surface area contributed by atoms with Crippen molar-refractivity contribution in [2.24, 2.45) is 16.0 Å². The Morgan fingerprint density at radius 2 is 2.00 bits per heavy atom. The van der Waals surface area contributed by atoms with E-state index in [2.05, 4.69) is 27.3 Å². The quantitative estimate of drug-likeness (QED) is 0.491. The Labute approximate surface area is 136 Å². The molecule has 0 saturated carbocycles. The molecule has 0 fully saturated rings. The molecule has 0 spiro atoms. The van der Waals surface area contributed by atoms with Crippen molar-refractivity contribution in [2.45, 2.75) is 10.6 Å². The zero-order chi connectivity index (χ0) is 16.2. The zero-order valence-electron chi connectivity index (χ0n) is 12.1. The summed E-state index contributed by atoms with van der Waals surface area (Å²) in [4.78, 5) is 14.6. The Kier molecular flexibility index (Phi) is 4.29. The van der Waals surface area contributed by atoms with Crippen LogP contribution >= 0.6 is 11.8 Å². The van der Waals surface area contributed by atoms with Crippen molar-refractivity contribution >= 4 is 34.4 Å². The third-order valence-electron chi connectivity index (χ3n) is 3.22. The van der Waals surface area contributed by atoms with Gasteiger partial charge in [0.1, 0.15) is 0 Å². The van der Waals surface area contributed by atoms with Gasteiger partial charge in [-0.1, -0.05) is 35.4 Å². The number of benzene rings is 2. The number of nitrogens with one attached hydrogen (secondary N) is 1. The molecule has 0 aliphatic heterocycles. The van der Waals surface area contributed by atoms with E-state index in [1.165, 1.54) is 5.56 Å². The number of azo groups is 1. The predicted octanol–water partition coefficient (Wildman–Crippen LogP) is 4.33.